The van der Waals surface area contributed by atoms with Crippen LogP contribution < -0.4 is 5.73 Å². The molecule has 3 rings (SSSR count). The highest BCUT2D eigenvalue weighted by molar-refractivity contribution is 5.79. The van der Waals surface area contributed by atoms with Gasteiger partial charge in [-0.15, -0.1) is 6.58 Å². The third kappa shape index (κ3) is 3.66. The fraction of sp³-hybridized carbons (Fsp3) is 0.550. The summed E-state index contributed by atoms with van der Waals surface area (Å²) in [5.74, 6) is 1.52. The van der Waals surface area contributed by atoms with E-state index in [1.165, 1.54) is 24.8 Å². The lowest BCUT2D eigenvalue weighted by molar-refractivity contribution is -0.138. The minimum Gasteiger partial charge on any atom is -0.334 e. The van der Waals surface area contributed by atoms with E-state index in [-0.39, 0.29) is 11.8 Å². The second-order valence-corrected chi connectivity index (χ2v) is 7.19. The summed E-state index contributed by atoms with van der Waals surface area (Å²) in [6.45, 7) is 5.11. The molecule has 2 N–H and O–H groups in total. The van der Waals surface area contributed by atoms with Crippen molar-refractivity contribution in [3.8, 4) is 0 Å². The van der Waals surface area contributed by atoms with Crippen molar-refractivity contribution in [3.63, 3.8) is 0 Å². The fourth-order valence-corrected chi connectivity index (χ4v) is 4.44. The highest BCUT2D eigenvalue weighted by Gasteiger charge is 2.41. The standard InChI is InChI=1S/C20H28N2O/c1-2-11-22(14-15-7-4-3-5-8-15)20(23)18-12-16-9-6-10-17(13-18)19(16)21/h2-5,7-8,16-19H,1,6,9-14,21H2. The zero-order valence-electron chi connectivity index (χ0n) is 13.9. The molecule has 0 heterocycles. The average molecular weight is 312 g/mol. The summed E-state index contributed by atoms with van der Waals surface area (Å²) >= 11 is 0. The molecule has 1 aromatic rings. The fourth-order valence-electron chi connectivity index (χ4n) is 4.44. The number of amides is 1. The summed E-state index contributed by atoms with van der Waals surface area (Å²) in [5, 5.41) is 0. The Morgan fingerprint density at radius 1 is 1.22 bits per heavy atom. The largest absolute Gasteiger partial charge is 0.334 e. The quantitative estimate of drug-likeness (QED) is 0.848. The van der Waals surface area contributed by atoms with E-state index in [0.717, 1.165) is 12.8 Å². The number of nitrogens with two attached hydrogens (primary N) is 1. The van der Waals surface area contributed by atoms with Crippen LogP contribution in [0.4, 0.5) is 0 Å². The lowest BCUT2D eigenvalue weighted by Crippen LogP contribution is -2.49. The Morgan fingerprint density at radius 3 is 2.48 bits per heavy atom. The Balaban J connectivity index is 1.69. The first kappa shape index (κ1) is 16.3. The normalized spacial score (nSPS) is 29.8. The number of hydrogen-bond donors (Lipinski definition) is 1. The summed E-state index contributed by atoms with van der Waals surface area (Å²) in [4.78, 5) is 15.0. The van der Waals surface area contributed by atoms with Crippen LogP contribution in [0.2, 0.25) is 0 Å². The molecule has 124 valence electrons. The molecular weight excluding hydrogens is 284 g/mol. The van der Waals surface area contributed by atoms with E-state index in [4.69, 9.17) is 5.73 Å². The first-order valence-corrected chi connectivity index (χ1v) is 8.88. The van der Waals surface area contributed by atoms with Gasteiger partial charge in [0, 0.05) is 25.0 Å². The maximum absolute atomic E-state index is 13.1. The van der Waals surface area contributed by atoms with Crippen LogP contribution in [0.1, 0.15) is 37.7 Å². The van der Waals surface area contributed by atoms with E-state index in [9.17, 15) is 4.79 Å². The van der Waals surface area contributed by atoms with Crippen molar-refractivity contribution < 1.29 is 4.79 Å². The highest BCUT2D eigenvalue weighted by atomic mass is 16.2. The van der Waals surface area contributed by atoms with Crippen LogP contribution in [0.5, 0.6) is 0 Å². The van der Waals surface area contributed by atoms with Gasteiger partial charge in [-0.25, -0.2) is 0 Å². The first-order chi connectivity index (χ1) is 11.2. The van der Waals surface area contributed by atoms with E-state index >= 15 is 0 Å². The van der Waals surface area contributed by atoms with Gasteiger partial charge in [0.15, 0.2) is 0 Å². The van der Waals surface area contributed by atoms with Gasteiger partial charge in [0.2, 0.25) is 5.91 Å². The van der Waals surface area contributed by atoms with Crippen molar-refractivity contribution in [2.45, 2.75) is 44.7 Å². The van der Waals surface area contributed by atoms with Gasteiger partial charge in [0.1, 0.15) is 0 Å². The zero-order valence-corrected chi connectivity index (χ0v) is 13.9. The van der Waals surface area contributed by atoms with Crippen LogP contribution in [0.3, 0.4) is 0 Å². The van der Waals surface area contributed by atoms with Crippen LogP contribution in [0, 0.1) is 17.8 Å². The molecule has 1 aromatic carbocycles. The predicted molar refractivity (Wildman–Crippen MR) is 93.6 cm³/mol. The molecule has 0 aliphatic heterocycles. The smallest absolute Gasteiger partial charge is 0.226 e. The maximum Gasteiger partial charge on any atom is 0.226 e. The van der Waals surface area contributed by atoms with E-state index in [1.54, 1.807) is 0 Å². The maximum atomic E-state index is 13.1. The van der Waals surface area contributed by atoms with Gasteiger partial charge in [-0.05, 0) is 43.1 Å². The summed E-state index contributed by atoms with van der Waals surface area (Å²) < 4.78 is 0. The molecule has 2 unspecified atom stereocenters. The SMILES string of the molecule is C=CCN(Cc1ccccc1)C(=O)C1CC2CCCC(C1)C2N. The summed E-state index contributed by atoms with van der Waals surface area (Å²) in [7, 11) is 0. The van der Waals surface area contributed by atoms with Crippen molar-refractivity contribution in [1.82, 2.24) is 4.90 Å². The Bertz CT molecular complexity index is 528. The molecule has 0 radical (unpaired) electrons. The third-order valence-electron chi connectivity index (χ3n) is 5.64. The molecule has 0 saturated heterocycles. The Hall–Kier alpha value is -1.61. The van der Waals surface area contributed by atoms with Crippen molar-refractivity contribution in [2.24, 2.45) is 23.5 Å². The molecule has 0 spiro atoms. The molecule has 3 nitrogen and oxygen atoms in total. The van der Waals surface area contributed by atoms with Crippen molar-refractivity contribution in [2.75, 3.05) is 6.54 Å². The van der Waals surface area contributed by atoms with Crippen LogP contribution in [0.15, 0.2) is 43.0 Å². The predicted octanol–water partition coefficient (Wildman–Crippen LogP) is 3.35. The zero-order chi connectivity index (χ0) is 16.2. The van der Waals surface area contributed by atoms with Gasteiger partial charge in [0.05, 0.1) is 0 Å². The molecule has 0 aromatic heterocycles. The topological polar surface area (TPSA) is 46.3 Å². The molecule has 2 bridgehead atoms. The molecular formula is C20H28N2O. The summed E-state index contributed by atoms with van der Waals surface area (Å²) in [5.41, 5.74) is 7.54. The highest BCUT2D eigenvalue weighted by Crippen LogP contribution is 2.42. The number of hydrogen-bond acceptors (Lipinski definition) is 2. The van der Waals surface area contributed by atoms with Gasteiger partial charge in [-0.3, -0.25) is 4.79 Å². The number of fused-ring (bicyclic) bond motifs is 2. The number of benzene rings is 1. The van der Waals surface area contributed by atoms with Crippen LogP contribution in [0.25, 0.3) is 0 Å². The molecule has 2 fully saturated rings. The van der Waals surface area contributed by atoms with Crippen LogP contribution >= 0.6 is 0 Å². The lowest BCUT2D eigenvalue weighted by atomic mass is 9.65. The minimum atomic E-state index is 0.147. The third-order valence-corrected chi connectivity index (χ3v) is 5.64. The van der Waals surface area contributed by atoms with E-state index < -0.39 is 0 Å². The Labute approximate surface area is 139 Å². The van der Waals surface area contributed by atoms with E-state index in [1.807, 2.05) is 29.2 Å². The second kappa shape index (κ2) is 7.31. The summed E-state index contributed by atoms with van der Waals surface area (Å²) in [6, 6.07) is 10.5. The van der Waals surface area contributed by atoms with Crippen molar-refractivity contribution in [1.29, 1.82) is 0 Å². The first-order valence-electron chi connectivity index (χ1n) is 8.88. The number of rotatable bonds is 5. The van der Waals surface area contributed by atoms with Gasteiger partial charge in [0.25, 0.3) is 0 Å². The molecule has 3 heteroatoms. The van der Waals surface area contributed by atoms with Gasteiger partial charge < -0.3 is 10.6 Å². The second-order valence-electron chi connectivity index (χ2n) is 7.19. The van der Waals surface area contributed by atoms with Crippen molar-refractivity contribution >= 4 is 5.91 Å². The Morgan fingerprint density at radius 2 is 1.87 bits per heavy atom. The van der Waals surface area contributed by atoms with E-state index in [2.05, 4.69) is 18.7 Å². The van der Waals surface area contributed by atoms with Crippen LogP contribution in [-0.4, -0.2) is 23.4 Å². The van der Waals surface area contributed by atoms with E-state index in [0.29, 0.717) is 31.0 Å². The molecule has 2 saturated carbocycles. The molecule has 2 aliphatic rings. The Kier molecular flexibility index (Phi) is 5.16. The van der Waals surface area contributed by atoms with Crippen molar-refractivity contribution in [3.05, 3.63) is 48.6 Å². The number of carbonyl (C=O) groups excluding carboxylic acids is 1. The van der Waals surface area contributed by atoms with Gasteiger partial charge in [-0.1, -0.05) is 42.8 Å². The monoisotopic (exact) mass is 312 g/mol. The van der Waals surface area contributed by atoms with Gasteiger partial charge >= 0.3 is 0 Å². The lowest BCUT2D eigenvalue weighted by Gasteiger charge is -2.44. The molecule has 23 heavy (non-hydrogen) atoms. The summed E-state index contributed by atoms with van der Waals surface area (Å²) in [6.07, 6.45) is 7.45. The number of carbonyl (C=O) groups is 1. The molecule has 2 aliphatic carbocycles. The van der Waals surface area contributed by atoms with Gasteiger partial charge in [-0.2, -0.15) is 0 Å². The number of nitrogens with zero attached hydrogens (tertiary/aromatic N) is 1. The van der Waals surface area contributed by atoms with Crippen LogP contribution in [-0.2, 0) is 11.3 Å². The molecule has 1 amide bonds. The average Bonchev–Trinajstić information content (AvgIpc) is 2.54. The molecule has 2 atom stereocenters. The minimum absolute atomic E-state index is 0.147.